The van der Waals surface area contributed by atoms with Gasteiger partial charge in [-0.15, -0.1) is 11.3 Å². The first-order valence-electron chi connectivity index (χ1n) is 10.4. The normalized spacial score (nSPS) is 10.8. The third-order valence-electron chi connectivity index (χ3n) is 4.68. The van der Waals surface area contributed by atoms with Crippen LogP contribution in [0.25, 0.3) is 11.3 Å². The van der Waals surface area contributed by atoms with E-state index in [1.165, 1.54) is 11.3 Å². The van der Waals surface area contributed by atoms with Gasteiger partial charge in [-0.05, 0) is 49.7 Å². The second-order valence-electron chi connectivity index (χ2n) is 7.10. The molecule has 1 amide bonds. The van der Waals surface area contributed by atoms with Crippen LogP contribution in [0.5, 0.6) is 5.75 Å². The van der Waals surface area contributed by atoms with E-state index in [2.05, 4.69) is 17.2 Å². The van der Waals surface area contributed by atoms with Gasteiger partial charge >= 0.3 is 0 Å². The molecule has 0 saturated heterocycles. The van der Waals surface area contributed by atoms with E-state index < -0.39 is 0 Å². The van der Waals surface area contributed by atoms with Crippen molar-refractivity contribution in [1.82, 2.24) is 4.98 Å². The van der Waals surface area contributed by atoms with E-state index in [0.717, 1.165) is 29.0 Å². The maximum Gasteiger partial charge on any atom is 0.226 e. The summed E-state index contributed by atoms with van der Waals surface area (Å²) in [7, 11) is 0. The van der Waals surface area contributed by atoms with Crippen LogP contribution < -0.4 is 10.1 Å². The van der Waals surface area contributed by atoms with Gasteiger partial charge in [0.25, 0.3) is 0 Å². The van der Waals surface area contributed by atoms with E-state index in [0.29, 0.717) is 33.1 Å². The van der Waals surface area contributed by atoms with E-state index in [1.54, 1.807) is 36.4 Å². The van der Waals surface area contributed by atoms with Crippen LogP contribution in [0.3, 0.4) is 0 Å². The Morgan fingerprint density at radius 1 is 1.03 bits per heavy atom. The van der Waals surface area contributed by atoms with Crippen molar-refractivity contribution in [1.29, 1.82) is 0 Å². The number of hydrogen-bond donors (Lipinski definition) is 1. The Kier molecular flexibility index (Phi) is 8.67. The van der Waals surface area contributed by atoms with Crippen LogP contribution in [0.2, 0.25) is 10.0 Å². The Labute approximate surface area is 201 Å². The van der Waals surface area contributed by atoms with Crippen LogP contribution in [0.15, 0.2) is 42.5 Å². The van der Waals surface area contributed by atoms with Gasteiger partial charge in [0.15, 0.2) is 10.9 Å². The number of thiazole rings is 1. The van der Waals surface area contributed by atoms with E-state index >= 15 is 0 Å². The summed E-state index contributed by atoms with van der Waals surface area (Å²) in [5.74, 6) is 0.374. The number of ether oxygens (including phenoxy) is 1. The molecule has 0 saturated carbocycles. The molecule has 1 heterocycles. The number of halogens is 2. The lowest BCUT2D eigenvalue weighted by Crippen LogP contribution is -2.13. The maximum atomic E-state index is 12.4. The Bertz CT molecular complexity index is 1100. The fourth-order valence-corrected chi connectivity index (χ4v) is 4.53. The summed E-state index contributed by atoms with van der Waals surface area (Å²) >= 11 is 13.6. The lowest BCUT2D eigenvalue weighted by atomic mass is 10.1. The van der Waals surface area contributed by atoms with Crippen LogP contribution in [-0.2, 0) is 11.2 Å². The van der Waals surface area contributed by atoms with Crippen molar-refractivity contribution in [2.24, 2.45) is 0 Å². The summed E-state index contributed by atoms with van der Waals surface area (Å²) in [4.78, 5) is 30.5. The van der Waals surface area contributed by atoms with E-state index in [9.17, 15) is 9.59 Å². The fraction of sp³-hybridized carbons (Fsp3) is 0.292. The molecule has 32 heavy (non-hydrogen) atoms. The molecule has 0 fully saturated rings. The molecular weight excluding hydrogens is 467 g/mol. The van der Waals surface area contributed by atoms with Gasteiger partial charge in [0.1, 0.15) is 5.75 Å². The minimum atomic E-state index is -0.248. The average molecular weight is 491 g/mol. The molecule has 5 nitrogen and oxygen atoms in total. The van der Waals surface area contributed by atoms with Gasteiger partial charge in [-0.2, -0.15) is 0 Å². The first-order chi connectivity index (χ1) is 15.4. The monoisotopic (exact) mass is 490 g/mol. The number of amides is 1. The Hall–Kier alpha value is -2.41. The predicted molar refractivity (Wildman–Crippen MR) is 131 cm³/mol. The highest BCUT2D eigenvalue weighted by Crippen LogP contribution is 2.35. The van der Waals surface area contributed by atoms with Crippen molar-refractivity contribution in [3.05, 3.63) is 63.0 Å². The molecule has 0 radical (unpaired) electrons. The summed E-state index contributed by atoms with van der Waals surface area (Å²) in [6.07, 6.45) is 1.98. The van der Waals surface area contributed by atoms with Crippen LogP contribution in [0.4, 0.5) is 5.13 Å². The van der Waals surface area contributed by atoms with Gasteiger partial charge in [0.05, 0.1) is 22.3 Å². The van der Waals surface area contributed by atoms with Crippen LogP contribution in [0, 0.1) is 0 Å². The quantitative estimate of drug-likeness (QED) is 0.308. The average Bonchev–Trinajstić information content (AvgIpc) is 3.17. The lowest BCUT2D eigenvalue weighted by molar-refractivity contribution is -0.116. The van der Waals surface area contributed by atoms with Gasteiger partial charge in [-0.25, -0.2) is 4.98 Å². The summed E-state index contributed by atoms with van der Waals surface area (Å²) < 4.78 is 5.38. The van der Waals surface area contributed by atoms with Crippen molar-refractivity contribution in [3.8, 4) is 17.0 Å². The predicted octanol–water partition coefficient (Wildman–Crippen LogP) is 7.07. The molecule has 3 rings (SSSR count). The van der Waals surface area contributed by atoms with Crippen molar-refractivity contribution in [2.45, 2.75) is 39.5 Å². The summed E-state index contributed by atoms with van der Waals surface area (Å²) in [6, 6.07) is 12.3. The zero-order valence-corrected chi connectivity index (χ0v) is 20.2. The highest BCUT2D eigenvalue weighted by Gasteiger charge is 2.16. The molecule has 168 valence electrons. The first-order valence-corrected chi connectivity index (χ1v) is 12.0. The number of carbonyl (C=O) groups excluding carboxylic acids is 2. The lowest BCUT2D eigenvalue weighted by Gasteiger charge is -2.05. The minimum absolute atomic E-state index is 0.0802. The third-order valence-corrected chi connectivity index (χ3v) is 6.45. The minimum Gasteiger partial charge on any atom is -0.494 e. The van der Waals surface area contributed by atoms with Crippen molar-refractivity contribution in [2.75, 3.05) is 11.9 Å². The molecular formula is C24H24Cl2N2O3S. The second-order valence-corrected chi connectivity index (χ2v) is 9.00. The number of Topliss-reactive ketones (excluding diaryl/α,β-unsaturated/α-hetero) is 1. The largest absolute Gasteiger partial charge is 0.494 e. The standard InChI is InChI=1S/C24H24Cl2N2O3S/c1-3-5-21-23(16-8-11-18(25)19(26)14-16)28-24(32-21)27-22(30)13-12-20(29)15-6-9-17(10-7-15)31-4-2/h6-11,14H,3-5,12-13H2,1-2H3,(H,27,28,30). The molecule has 0 aliphatic carbocycles. The van der Waals surface area contributed by atoms with E-state index in [1.807, 2.05) is 13.0 Å². The summed E-state index contributed by atoms with van der Waals surface area (Å²) in [5, 5.41) is 4.27. The molecule has 0 aliphatic heterocycles. The molecule has 1 N–H and O–H groups in total. The van der Waals surface area contributed by atoms with Gasteiger partial charge in [-0.1, -0.05) is 42.6 Å². The Morgan fingerprint density at radius 3 is 2.44 bits per heavy atom. The number of hydrogen-bond acceptors (Lipinski definition) is 5. The van der Waals surface area contributed by atoms with Crippen molar-refractivity contribution in [3.63, 3.8) is 0 Å². The topological polar surface area (TPSA) is 68.3 Å². The van der Waals surface area contributed by atoms with Crippen LogP contribution in [-0.4, -0.2) is 23.3 Å². The second kappa shape index (κ2) is 11.5. The van der Waals surface area contributed by atoms with E-state index in [4.69, 9.17) is 27.9 Å². The Morgan fingerprint density at radius 2 is 1.78 bits per heavy atom. The molecule has 3 aromatic rings. The number of nitrogens with zero attached hydrogens (tertiary/aromatic N) is 1. The molecule has 0 bridgehead atoms. The van der Waals surface area contributed by atoms with Crippen LogP contribution in [0.1, 0.15) is 48.3 Å². The number of carbonyl (C=O) groups is 2. The fourth-order valence-electron chi connectivity index (χ4n) is 3.13. The molecule has 0 aliphatic rings. The molecule has 0 unspecified atom stereocenters. The maximum absolute atomic E-state index is 12.4. The number of ketones is 1. The Balaban J connectivity index is 1.64. The number of aromatic nitrogens is 1. The molecule has 8 heteroatoms. The van der Waals surface area contributed by atoms with Crippen molar-refractivity contribution < 1.29 is 14.3 Å². The summed E-state index contributed by atoms with van der Waals surface area (Å²) in [5.41, 5.74) is 2.20. The van der Waals surface area contributed by atoms with Gasteiger partial charge in [0.2, 0.25) is 5.91 Å². The number of nitrogens with one attached hydrogen (secondary N) is 1. The zero-order chi connectivity index (χ0) is 23.1. The van der Waals surface area contributed by atoms with Crippen molar-refractivity contribution >= 4 is 51.4 Å². The highest BCUT2D eigenvalue weighted by atomic mass is 35.5. The molecule has 0 atom stereocenters. The number of aryl methyl sites for hydroxylation is 1. The number of benzene rings is 2. The zero-order valence-electron chi connectivity index (χ0n) is 17.9. The SMILES string of the molecule is CCCc1sc(NC(=O)CCC(=O)c2ccc(OCC)cc2)nc1-c1ccc(Cl)c(Cl)c1. The summed E-state index contributed by atoms with van der Waals surface area (Å²) in [6.45, 7) is 4.55. The molecule has 0 spiro atoms. The molecule has 1 aromatic heterocycles. The molecule has 2 aromatic carbocycles. The van der Waals surface area contributed by atoms with Gasteiger partial charge in [0, 0.05) is 28.8 Å². The van der Waals surface area contributed by atoms with E-state index in [-0.39, 0.29) is 24.5 Å². The van der Waals surface area contributed by atoms with Gasteiger partial charge in [-0.3, -0.25) is 9.59 Å². The third kappa shape index (κ3) is 6.31. The highest BCUT2D eigenvalue weighted by molar-refractivity contribution is 7.16. The van der Waals surface area contributed by atoms with Crippen LogP contribution >= 0.6 is 34.5 Å². The number of anilines is 1. The van der Waals surface area contributed by atoms with Gasteiger partial charge < -0.3 is 10.1 Å². The first kappa shape index (κ1) is 24.2. The smallest absolute Gasteiger partial charge is 0.226 e. The number of rotatable bonds is 10.